The second kappa shape index (κ2) is 9.03. The van der Waals surface area contributed by atoms with Gasteiger partial charge in [-0.25, -0.2) is 4.98 Å². The van der Waals surface area contributed by atoms with Crippen LogP contribution in [0, 0.1) is 6.92 Å². The summed E-state index contributed by atoms with van der Waals surface area (Å²) >= 11 is 1.10. The molecule has 0 saturated carbocycles. The van der Waals surface area contributed by atoms with Crippen LogP contribution in [-0.4, -0.2) is 34.7 Å². The van der Waals surface area contributed by atoms with Crippen molar-refractivity contribution in [3.05, 3.63) is 57.5 Å². The zero-order chi connectivity index (χ0) is 18.2. The number of hydrogen-bond acceptors (Lipinski definition) is 6. The van der Waals surface area contributed by atoms with E-state index in [0.717, 1.165) is 22.9 Å². The lowest BCUT2D eigenvalue weighted by Gasteiger charge is -2.08. The van der Waals surface area contributed by atoms with Crippen LogP contribution in [-0.2, 0) is 27.3 Å². The first-order valence-electron chi connectivity index (χ1n) is 7.59. The van der Waals surface area contributed by atoms with E-state index in [9.17, 15) is 14.4 Å². The molecule has 2 N–H and O–H groups in total. The Morgan fingerprint density at radius 3 is 2.80 bits per heavy atom. The molecule has 0 aliphatic carbocycles. The molecule has 2 aromatic rings. The lowest BCUT2D eigenvalue weighted by Crippen LogP contribution is -2.25. The van der Waals surface area contributed by atoms with E-state index in [-0.39, 0.29) is 28.8 Å². The van der Waals surface area contributed by atoms with E-state index in [2.05, 4.69) is 20.0 Å². The van der Waals surface area contributed by atoms with E-state index >= 15 is 0 Å². The van der Waals surface area contributed by atoms with Crippen LogP contribution >= 0.6 is 11.8 Å². The highest BCUT2D eigenvalue weighted by atomic mass is 32.2. The molecular formula is C17H19N3O4S. The van der Waals surface area contributed by atoms with Crippen molar-refractivity contribution in [3.63, 3.8) is 0 Å². The number of thioether (sulfide) groups is 1. The van der Waals surface area contributed by atoms with E-state index in [1.165, 1.54) is 13.2 Å². The van der Waals surface area contributed by atoms with Gasteiger partial charge < -0.3 is 15.0 Å². The maximum atomic E-state index is 12.0. The Balaban J connectivity index is 1.90. The molecule has 0 unspecified atom stereocenters. The predicted molar refractivity (Wildman–Crippen MR) is 94.3 cm³/mol. The van der Waals surface area contributed by atoms with Crippen molar-refractivity contribution in [2.24, 2.45) is 0 Å². The number of carbonyl (C=O) groups excluding carboxylic acids is 2. The average molecular weight is 361 g/mol. The fourth-order valence-electron chi connectivity index (χ4n) is 2.05. The van der Waals surface area contributed by atoms with Gasteiger partial charge in [-0.05, 0) is 18.1 Å². The van der Waals surface area contributed by atoms with Gasteiger partial charge in [0.25, 0.3) is 5.56 Å². The number of carbonyl (C=O) groups is 2. The van der Waals surface area contributed by atoms with E-state index in [1.54, 1.807) is 0 Å². The monoisotopic (exact) mass is 361 g/mol. The second-order valence-corrected chi connectivity index (χ2v) is 6.25. The predicted octanol–water partition coefficient (Wildman–Crippen LogP) is 1.20. The highest BCUT2D eigenvalue weighted by Crippen LogP contribution is 2.12. The van der Waals surface area contributed by atoms with Gasteiger partial charge in [-0.1, -0.05) is 36.0 Å². The zero-order valence-electron chi connectivity index (χ0n) is 14.0. The summed E-state index contributed by atoms with van der Waals surface area (Å²) in [4.78, 5) is 41.5. The Morgan fingerprint density at radius 2 is 2.08 bits per heavy atom. The summed E-state index contributed by atoms with van der Waals surface area (Å²) in [5, 5.41) is 3.12. The lowest BCUT2D eigenvalue weighted by atomic mass is 10.1. The minimum atomic E-state index is -0.481. The van der Waals surface area contributed by atoms with E-state index < -0.39 is 5.97 Å². The van der Waals surface area contributed by atoms with Crippen LogP contribution < -0.4 is 10.9 Å². The number of aryl methyl sites for hydroxylation is 1. The van der Waals surface area contributed by atoms with Crippen molar-refractivity contribution < 1.29 is 14.3 Å². The molecule has 0 fully saturated rings. The first kappa shape index (κ1) is 18.7. The fourth-order valence-corrected chi connectivity index (χ4v) is 2.77. The van der Waals surface area contributed by atoms with Gasteiger partial charge in [0.2, 0.25) is 5.91 Å². The van der Waals surface area contributed by atoms with Crippen LogP contribution in [0.5, 0.6) is 0 Å². The molecule has 25 heavy (non-hydrogen) atoms. The SMILES string of the molecule is COC(=O)Cc1cc(=O)[nH]c(SCC(=O)NCc2ccccc2C)n1. The first-order chi connectivity index (χ1) is 12.0. The molecule has 1 aromatic carbocycles. The third-order valence-electron chi connectivity index (χ3n) is 3.40. The first-order valence-corrected chi connectivity index (χ1v) is 8.57. The highest BCUT2D eigenvalue weighted by molar-refractivity contribution is 7.99. The summed E-state index contributed by atoms with van der Waals surface area (Å²) < 4.78 is 4.55. The number of aromatic amines is 1. The van der Waals surface area contributed by atoms with Crippen LogP contribution in [0.2, 0.25) is 0 Å². The quantitative estimate of drug-likeness (QED) is 0.437. The molecule has 0 aliphatic rings. The van der Waals surface area contributed by atoms with Crippen LogP contribution in [0.4, 0.5) is 0 Å². The number of H-pyrrole nitrogens is 1. The fraction of sp³-hybridized carbons (Fsp3) is 0.294. The van der Waals surface area contributed by atoms with Crippen molar-refractivity contribution >= 4 is 23.6 Å². The Bertz CT molecular complexity index is 820. The van der Waals surface area contributed by atoms with E-state index in [1.807, 2.05) is 31.2 Å². The average Bonchev–Trinajstić information content (AvgIpc) is 2.58. The Hall–Kier alpha value is -2.61. The molecule has 2 rings (SSSR count). The van der Waals surface area contributed by atoms with E-state index in [4.69, 9.17) is 0 Å². The normalized spacial score (nSPS) is 10.3. The molecular weight excluding hydrogens is 342 g/mol. The molecule has 0 spiro atoms. The van der Waals surface area contributed by atoms with Crippen LogP contribution in [0.3, 0.4) is 0 Å². The largest absolute Gasteiger partial charge is 0.469 e. The number of ether oxygens (including phenoxy) is 1. The van der Waals surface area contributed by atoms with Gasteiger partial charge in [0.1, 0.15) is 0 Å². The summed E-state index contributed by atoms with van der Waals surface area (Å²) in [6, 6.07) is 9.04. The second-order valence-electron chi connectivity index (χ2n) is 5.29. The third kappa shape index (κ3) is 6.07. The molecule has 0 saturated heterocycles. The van der Waals surface area contributed by atoms with Gasteiger partial charge in [-0.15, -0.1) is 0 Å². The molecule has 132 valence electrons. The smallest absolute Gasteiger partial charge is 0.311 e. The summed E-state index contributed by atoms with van der Waals surface area (Å²) in [5.41, 5.74) is 2.08. The molecule has 1 aromatic heterocycles. The standard InChI is InChI=1S/C17H19N3O4S/c1-11-5-3-4-6-12(11)9-18-15(22)10-25-17-19-13(7-14(21)20-17)8-16(23)24-2/h3-7H,8-10H2,1-2H3,(H,18,22)(H,19,20,21). The maximum absolute atomic E-state index is 12.0. The topological polar surface area (TPSA) is 101 Å². The number of esters is 1. The molecule has 7 nitrogen and oxygen atoms in total. The van der Waals surface area contributed by atoms with Gasteiger partial charge in [-0.2, -0.15) is 0 Å². The Morgan fingerprint density at radius 1 is 1.32 bits per heavy atom. The number of hydrogen-bond donors (Lipinski definition) is 2. The van der Waals surface area contributed by atoms with Gasteiger partial charge >= 0.3 is 5.97 Å². The number of benzene rings is 1. The van der Waals surface area contributed by atoms with Crippen LogP contribution in [0.25, 0.3) is 0 Å². The number of nitrogens with one attached hydrogen (secondary N) is 2. The number of nitrogens with zero attached hydrogens (tertiary/aromatic N) is 1. The molecule has 1 amide bonds. The minimum absolute atomic E-state index is 0.0898. The van der Waals surface area contributed by atoms with Crippen LogP contribution in [0.1, 0.15) is 16.8 Å². The maximum Gasteiger partial charge on any atom is 0.311 e. The molecule has 0 aliphatic heterocycles. The van der Waals surface area contributed by atoms with Crippen molar-refractivity contribution in [1.29, 1.82) is 0 Å². The number of rotatable bonds is 7. The van der Waals surface area contributed by atoms with Crippen molar-refractivity contribution in [3.8, 4) is 0 Å². The zero-order valence-corrected chi connectivity index (χ0v) is 14.8. The van der Waals surface area contributed by atoms with Gasteiger partial charge in [-0.3, -0.25) is 14.4 Å². The van der Waals surface area contributed by atoms with Gasteiger partial charge in [0.05, 0.1) is 25.0 Å². The van der Waals surface area contributed by atoms with Crippen molar-refractivity contribution in [1.82, 2.24) is 15.3 Å². The summed E-state index contributed by atoms with van der Waals surface area (Å²) in [6.45, 7) is 2.43. The minimum Gasteiger partial charge on any atom is -0.469 e. The molecule has 1 heterocycles. The van der Waals surface area contributed by atoms with E-state index in [0.29, 0.717) is 12.2 Å². The summed E-state index contributed by atoms with van der Waals surface area (Å²) in [6.07, 6.45) is -0.0898. The highest BCUT2D eigenvalue weighted by Gasteiger charge is 2.10. The van der Waals surface area contributed by atoms with Gasteiger partial charge in [0, 0.05) is 12.6 Å². The third-order valence-corrected chi connectivity index (χ3v) is 4.28. The molecule has 0 atom stereocenters. The van der Waals surface area contributed by atoms with Crippen molar-refractivity contribution in [2.75, 3.05) is 12.9 Å². The Kier molecular flexibility index (Phi) is 6.76. The summed E-state index contributed by atoms with van der Waals surface area (Å²) in [7, 11) is 1.27. The lowest BCUT2D eigenvalue weighted by molar-refractivity contribution is -0.139. The number of amides is 1. The molecule has 8 heteroatoms. The number of methoxy groups -OCH3 is 1. The number of aromatic nitrogens is 2. The molecule has 0 radical (unpaired) electrons. The Labute approximate surface area is 149 Å². The summed E-state index contributed by atoms with van der Waals surface area (Å²) in [5.74, 6) is -0.546. The van der Waals surface area contributed by atoms with Gasteiger partial charge in [0.15, 0.2) is 5.16 Å². The van der Waals surface area contributed by atoms with Crippen molar-refractivity contribution in [2.45, 2.75) is 25.0 Å². The van der Waals surface area contributed by atoms with Crippen LogP contribution in [0.15, 0.2) is 40.3 Å². The molecule has 0 bridgehead atoms.